The van der Waals surface area contributed by atoms with Crippen LogP contribution in [0.1, 0.15) is 58.3 Å². The van der Waals surface area contributed by atoms with Gasteiger partial charge in [0, 0.05) is 13.0 Å². The summed E-state index contributed by atoms with van der Waals surface area (Å²) in [6, 6.07) is 0. The summed E-state index contributed by atoms with van der Waals surface area (Å²) in [4.78, 5) is 11.3. The number of amides is 1. The van der Waals surface area contributed by atoms with E-state index in [-0.39, 0.29) is 5.91 Å². The Morgan fingerprint density at radius 3 is 3.00 bits per heavy atom. The van der Waals surface area contributed by atoms with Crippen LogP contribution in [0.2, 0.25) is 0 Å². The number of nitrogens with one attached hydrogen (secondary N) is 1. The standard InChI is InChI=1S/C12H23NO/c1-2-3-4-5-7-11-8-6-9-13-12(14)10-11/h11H,2-10H2,1H3,(H,13,14). The van der Waals surface area contributed by atoms with Gasteiger partial charge in [0.15, 0.2) is 0 Å². The zero-order valence-corrected chi connectivity index (χ0v) is 9.35. The normalized spacial score (nSPS) is 22.9. The molecule has 1 saturated heterocycles. The van der Waals surface area contributed by atoms with Crippen LogP contribution in [0.5, 0.6) is 0 Å². The number of rotatable bonds is 5. The van der Waals surface area contributed by atoms with E-state index < -0.39 is 0 Å². The molecule has 0 spiro atoms. The Bertz CT molecular complexity index is 168. The van der Waals surface area contributed by atoms with Crippen molar-refractivity contribution < 1.29 is 4.79 Å². The van der Waals surface area contributed by atoms with Crippen molar-refractivity contribution in [2.45, 2.75) is 58.3 Å². The van der Waals surface area contributed by atoms with Crippen LogP contribution in [0.25, 0.3) is 0 Å². The fourth-order valence-corrected chi connectivity index (χ4v) is 2.16. The topological polar surface area (TPSA) is 29.1 Å². The molecule has 0 bridgehead atoms. The molecule has 2 nitrogen and oxygen atoms in total. The van der Waals surface area contributed by atoms with Crippen molar-refractivity contribution in [3.63, 3.8) is 0 Å². The number of hydrogen-bond donors (Lipinski definition) is 1. The fraction of sp³-hybridized carbons (Fsp3) is 0.917. The number of unbranched alkanes of at least 4 members (excludes halogenated alkanes) is 3. The van der Waals surface area contributed by atoms with Gasteiger partial charge in [0.1, 0.15) is 0 Å². The molecule has 82 valence electrons. The Morgan fingerprint density at radius 2 is 2.21 bits per heavy atom. The van der Waals surface area contributed by atoms with Crippen molar-refractivity contribution in [1.29, 1.82) is 0 Å². The molecule has 1 N–H and O–H groups in total. The highest BCUT2D eigenvalue weighted by molar-refractivity contribution is 5.76. The average Bonchev–Trinajstić information content (AvgIpc) is 2.38. The molecule has 1 rings (SSSR count). The van der Waals surface area contributed by atoms with E-state index in [4.69, 9.17) is 0 Å². The lowest BCUT2D eigenvalue weighted by molar-refractivity contribution is -0.121. The summed E-state index contributed by atoms with van der Waals surface area (Å²) < 4.78 is 0. The second-order valence-corrected chi connectivity index (χ2v) is 4.41. The molecule has 2 heteroatoms. The van der Waals surface area contributed by atoms with Gasteiger partial charge in [-0.1, -0.05) is 32.6 Å². The Hall–Kier alpha value is -0.530. The maximum atomic E-state index is 11.3. The monoisotopic (exact) mass is 197 g/mol. The van der Waals surface area contributed by atoms with E-state index in [9.17, 15) is 4.79 Å². The molecule has 1 aliphatic rings. The van der Waals surface area contributed by atoms with E-state index >= 15 is 0 Å². The van der Waals surface area contributed by atoms with Gasteiger partial charge in [-0.2, -0.15) is 0 Å². The van der Waals surface area contributed by atoms with Crippen LogP contribution in [-0.4, -0.2) is 12.5 Å². The first-order valence-electron chi connectivity index (χ1n) is 6.09. The zero-order chi connectivity index (χ0) is 10.2. The molecule has 1 unspecified atom stereocenters. The maximum absolute atomic E-state index is 11.3. The largest absolute Gasteiger partial charge is 0.356 e. The molecule has 1 heterocycles. The van der Waals surface area contributed by atoms with E-state index in [0.717, 1.165) is 13.0 Å². The highest BCUT2D eigenvalue weighted by Crippen LogP contribution is 2.21. The highest BCUT2D eigenvalue weighted by Gasteiger charge is 2.16. The van der Waals surface area contributed by atoms with Gasteiger partial charge in [0.2, 0.25) is 5.91 Å². The summed E-state index contributed by atoms with van der Waals surface area (Å²) in [5.74, 6) is 0.928. The van der Waals surface area contributed by atoms with E-state index in [2.05, 4.69) is 12.2 Å². The van der Waals surface area contributed by atoms with Gasteiger partial charge in [-0.05, 0) is 25.2 Å². The minimum atomic E-state index is 0.267. The van der Waals surface area contributed by atoms with Crippen LogP contribution in [0, 0.1) is 5.92 Å². The summed E-state index contributed by atoms with van der Waals surface area (Å²) in [5, 5.41) is 2.94. The Labute approximate surface area is 87.5 Å². The van der Waals surface area contributed by atoms with Gasteiger partial charge in [0.05, 0.1) is 0 Å². The lowest BCUT2D eigenvalue weighted by atomic mass is 9.94. The molecule has 1 aliphatic heterocycles. The van der Waals surface area contributed by atoms with Crippen molar-refractivity contribution in [3.05, 3.63) is 0 Å². The first-order chi connectivity index (χ1) is 6.83. The minimum Gasteiger partial charge on any atom is -0.356 e. The summed E-state index contributed by atoms with van der Waals surface area (Å²) in [5.41, 5.74) is 0. The van der Waals surface area contributed by atoms with Gasteiger partial charge < -0.3 is 5.32 Å². The van der Waals surface area contributed by atoms with Crippen LogP contribution < -0.4 is 5.32 Å². The molecule has 0 aromatic heterocycles. The van der Waals surface area contributed by atoms with Crippen molar-refractivity contribution in [3.8, 4) is 0 Å². The first-order valence-corrected chi connectivity index (χ1v) is 6.09. The number of carbonyl (C=O) groups excluding carboxylic acids is 1. The Kier molecular flexibility index (Phi) is 5.65. The summed E-state index contributed by atoms with van der Waals surface area (Å²) in [6.45, 7) is 3.13. The van der Waals surface area contributed by atoms with Crippen molar-refractivity contribution >= 4 is 5.91 Å². The first kappa shape index (κ1) is 11.5. The molecule has 0 aromatic carbocycles. The predicted octanol–water partition coefficient (Wildman–Crippen LogP) is 2.87. The van der Waals surface area contributed by atoms with Gasteiger partial charge in [0.25, 0.3) is 0 Å². The third kappa shape index (κ3) is 4.64. The van der Waals surface area contributed by atoms with Gasteiger partial charge in [-0.3, -0.25) is 4.79 Å². The third-order valence-corrected chi connectivity index (χ3v) is 3.05. The van der Waals surface area contributed by atoms with Crippen LogP contribution >= 0.6 is 0 Å². The molecular weight excluding hydrogens is 174 g/mol. The highest BCUT2D eigenvalue weighted by atomic mass is 16.1. The second kappa shape index (κ2) is 6.86. The van der Waals surface area contributed by atoms with E-state index in [0.29, 0.717) is 5.92 Å². The maximum Gasteiger partial charge on any atom is 0.220 e. The molecule has 1 fully saturated rings. The number of carbonyl (C=O) groups is 1. The van der Waals surface area contributed by atoms with Crippen LogP contribution in [0.4, 0.5) is 0 Å². The smallest absolute Gasteiger partial charge is 0.220 e. The van der Waals surface area contributed by atoms with Crippen LogP contribution in [0.3, 0.4) is 0 Å². The molecule has 1 atom stereocenters. The van der Waals surface area contributed by atoms with Gasteiger partial charge in [-0.25, -0.2) is 0 Å². The zero-order valence-electron chi connectivity index (χ0n) is 9.35. The summed E-state index contributed by atoms with van der Waals surface area (Å²) >= 11 is 0. The molecular formula is C12H23NO. The lowest BCUT2D eigenvalue weighted by Gasteiger charge is -2.11. The second-order valence-electron chi connectivity index (χ2n) is 4.41. The summed E-state index contributed by atoms with van der Waals surface area (Å²) in [7, 11) is 0. The summed E-state index contributed by atoms with van der Waals surface area (Å²) in [6.07, 6.45) is 9.74. The SMILES string of the molecule is CCCCCCC1CCCNC(=O)C1. The van der Waals surface area contributed by atoms with Crippen molar-refractivity contribution in [1.82, 2.24) is 5.32 Å². The Morgan fingerprint density at radius 1 is 1.36 bits per heavy atom. The molecule has 0 saturated carbocycles. The molecule has 0 aromatic rings. The molecule has 0 radical (unpaired) electrons. The van der Waals surface area contributed by atoms with Gasteiger partial charge in [-0.15, -0.1) is 0 Å². The van der Waals surface area contributed by atoms with E-state index in [1.807, 2.05) is 0 Å². The predicted molar refractivity (Wildman–Crippen MR) is 59.1 cm³/mol. The average molecular weight is 197 g/mol. The van der Waals surface area contributed by atoms with Crippen LogP contribution in [-0.2, 0) is 4.79 Å². The molecule has 14 heavy (non-hydrogen) atoms. The van der Waals surface area contributed by atoms with Crippen LogP contribution in [0.15, 0.2) is 0 Å². The molecule has 0 aliphatic carbocycles. The molecule has 1 amide bonds. The lowest BCUT2D eigenvalue weighted by Crippen LogP contribution is -2.22. The quantitative estimate of drug-likeness (QED) is 0.675. The third-order valence-electron chi connectivity index (χ3n) is 3.05. The van der Waals surface area contributed by atoms with Crippen molar-refractivity contribution in [2.75, 3.05) is 6.54 Å². The van der Waals surface area contributed by atoms with Gasteiger partial charge >= 0.3 is 0 Å². The van der Waals surface area contributed by atoms with Crippen molar-refractivity contribution in [2.24, 2.45) is 5.92 Å². The van der Waals surface area contributed by atoms with E-state index in [1.54, 1.807) is 0 Å². The minimum absolute atomic E-state index is 0.267. The van der Waals surface area contributed by atoms with E-state index in [1.165, 1.54) is 44.9 Å². The Balaban J connectivity index is 2.12. The number of hydrogen-bond acceptors (Lipinski definition) is 1. The fourth-order valence-electron chi connectivity index (χ4n) is 2.16.